The van der Waals surface area contributed by atoms with Crippen molar-refractivity contribution >= 4 is 16.7 Å². The van der Waals surface area contributed by atoms with Gasteiger partial charge >= 0.3 is 5.97 Å². The van der Waals surface area contributed by atoms with Gasteiger partial charge in [-0.2, -0.15) is 0 Å². The molecule has 0 radical (unpaired) electrons. The topological polar surface area (TPSA) is 35.5 Å². The number of rotatable bonds is 9. The first kappa shape index (κ1) is 21.8. The third kappa shape index (κ3) is 6.04. The molecule has 3 aromatic carbocycles. The first-order valence-electron chi connectivity index (χ1n) is 10.5. The molecular formula is C27H30O3. The summed E-state index contributed by atoms with van der Waals surface area (Å²) in [4.78, 5) is 12.9. The Kier molecular flexibility index (Phi) is 7.81. The first-order chi connectivity index (χ1) is 14.6. The molecule has 0 aliphatic carbocycles. The monoisotopic (exact) mass is 402 g/mol. The van der Waals surface area contributed by atoms with Gasteiger partial charge in [0.25, 0.3) is 0 Å². The zero-order chi connectivity index (χ0) is 21.3. The third-order valence-corrected chi connectivity index (χ3v) is 5.05. The van der Waals surface area contributed by atoms with Gasteiger partial charge in [0.15, 0.2) is 0 Å². The van der Waals surface area contributed by atoms with Gasteiger partial charge in [-0.05, 0) is 48.7 Å². The quantitative estimate of drug-likeness (QED) is 0.287. The molecule has 0 saturated carbocycles. The van der Waals surface area contributed by atoms with Gasteiger partial charge in [0.05, 0.1) is 12.5 Å². The number of fused-ring (bicyclic) bond motifs is 1. The summed E-state index contributed by atoms with van der Waals surface area (Å²) in [5.41, 5.74) is 3.20. The molecule has 0 heterocycles. The Balaban J connectivity index is 1.79. The zero-order valence-electron chi connectivity index (χ0n) is 18.0. The maximum atomic E-state index is 12.9. The van der Waals surface area contributed by atoms with Crippen LogP contribution < -0.4 is 0 Å². The summed E-state index contributed by atoms with van der Waals surface area (Å²) in [6.45, 7) is 6.59. The van der Waals surface area contributed by atoms with Gasteiger partial charge in [0.2, 0.25) is 0 Å². The summed E-state index contributed by atoms with van der Waals surface area (Å²) < 4.78 is 11.8. The molecule has 0 fully saturated rings. The number of carbonyl (C=O) groups is 1. The molecule has 0 spiro atoms. The summed E-state index contributed by atoms with van der Waals surface area (Å²) in [6, 6.07) is 24.3. The lowest BCUT2D eigenvalue weighted by Gasteiger charge is -2.21. The predicted molar refractivity (Wildman–Crippen MR) is 122 cm³/mol. The molecule has 3 rings (SSSR count). The molecule has 156 valence electrons. The van der Waals surface area contributed by atoms with Crippen molar-refractivity contribution < 1.29 is 14.3 Å². The van der Waals surface area contributed by atoms with Crippen LogP contribution in [0.2, 0.25) is 0 Å². The van der Waals surface area contributed by atoms with Gasteiger partial charge in [-0.15, -0.1) is 0 Å². The molecule has 0 aliphatic rings. The average Bonchev–Trinajstić information content (AvgIpc) is 2.76. The van der Waals surface area contributed by atoms with Crippen LogP contribution in [0.1, 0.15) is 56.9 Å². The fourth-order valence-electron chi connectivity index (χ4n) is 3.50. The molecule has 3 aromatic rings. The van der Waals surface area contributed by atoms with E-state index in [2.05, 4.69) is 50.3 Å². The number of ether oxygens (including phenoxy) is 2. The van der Waals surface area contributed by atoms with Crippen molar-refractivity contribution in [3.05, 3.63) is 95.6 Å². The van der Waals surface area contributed by atoms with E-state index in [4.69, 9.17) is 9.47 Å². The molecule has 0 bridgehead atoms. The summed E-state index contributed by atoms with van der Waals surface area (Å²) in [7, 11) is 0. The van der Waals surface area contributed by atoms with Crippen LogP contribution in [0.3, 0.4) is 0 Å². The van der Waals surface area contributed by atoms with Crippen molar-refractivity contribution in [2.45, 2.75) is 45.8 Å². The lowest BCUT2D eigenvalue weighted by Crippen LogP contribution is -2.16. The summed E-state index contributed by atoms with van der Waals surface area (Å²) in [5, 5.41) is 2.32. The largest absolute Gasteiger partial charge is 0.457 e. The molecule has 2 unspecified atom stereocenters. The molecule has 0 saturated heterocycles. The lowest BCUT2D eigenvalue weighted by atomic mass is 10.0. The van der Waals surface area contributed by atoms with Crippen LogP contribution in [-0.2, 0) is 14.3 Å². The molecule has 2 atom stereocenters. The van der Waals surface area contributed by atoms with Crippen LogP contribution in [0.15, 0.2) is 84.4 Å². The Morgan fingerprint density at radius 3 is 2.27 bits per heavy atom. The average molecular weight is 403 g/mol. The standard InChI is InChI=1S/C27H30O3/c1-4-29-26(22-11-6-5-7-12-22)19-27(28)30-25(17-14-20(2)3)24-16-15-21-10-8-9-13-23(21)18-24/h5-16,18,25-26H,4,17,19H2,1-3H3. The van der Waals surface area contributed by atoms with E-state index < -0.39 is 0 Å². The van der Waals surface area contributed by atoms with E-state index in [0.717, 1.165) is 16.5 Å². The molecule has 0 N–H and O–H groups in total. The maximum Gasteiger partial charge on any atom is 0.309 e. The van der Waals surface area contributed by atoms with Crippen molar-refractivity contribution in [3.63, 3.8) is 0 Å². The molecule has 30 heavy (non-hydrogen) atoms. The second kappa shape index (κ2) is 10.7. The van der Waals surface area contributed by atoms with Gasteiger partial charge in [-0.3, -0.25) is 4.79 Å². The highest BCUT2D eigenvalue weighted by atomic mass is 16.5. The Bertz CT molecular complexity index is 987. The summed E-state index contributed by atoms with van der Waals surface area (Å²) in [6.07, 6.45) is 2.33. The van der Waals surface area contributed by atoms with Gasteiger partial charge < -0.3 is 9.47 Å². The molecule has 0 aromatic heterocycles. The Morgan fingerprint density at radius 1 is 0.867 bits per heavy atom. The van der Waals surface area contributed by atoms with Crippen LogP contribution in [-0.4, -0.2) is 12.6 Å². The maximum absolute atomic E-state index is 12.9. The third-order valence-electron chi connectivity index (χ3n) is 5.05. The van der Waals surface area contributed by atoms with Crippen molar-refractivity contribution in [1.29, 1.82) is 0 Å². The summed E-state index contributed by atoms with van der Waals surface area (Å²) >= 11 is 0. The number of hydrogen-bond donors (Lipinski definition) is 0. The van der Waals surface area contributed by atoms with Crippen LogP contribution in [0.5, 0.6) is 0 Å². The normalized spacial score (nSPS) is 12.9. The Morgan fingerprint density at radius 2 is 1.57 bits per heavy atom. The van der Waals surface area contributed by atoms with Crippen LogP contribution in [0.4, 0.5) is 0 Å². The highest BCUT2D eigenvalue weighted by molar-refractivity contribution is 5.83. The highest BCUT2D eigenvalue weighted by Crippen LogP contribution is 2.29. The van der Waals surface area contributed by atoms with E-state index in [0.29, 0.717) is 13.0 Å². The van der Waals surface area contributed by atoms with E-state index in [9.17, 15) is 4.79 Å². The van der Waals surface area contributed by atoms with Crippen LogP contribution in [0.25, 0.3) is 10.8 Å². The smallest absolute Gasteiger partial charge is 0.309 e. The summed E-state index contributed by atoms with van der Waals surface area (Å²) in [5.74, 6) is -0.252. The van der Waals surface area contributed by atoms with Gasteiger partial charge in [-0.1, -0.05) is 78.4 Å². The van der Waals surface area contributed by atoms with E-state index in [-0.39, 0.29) is 24.6 Å². The number of hydrogen-bond acceptors (Lipinski definition) is 3. The van der Waals surface area contributed by atoms with Crippen molar-refractivity contribution in [1.82, 2.24) is 0 Å². The Hall–Kier alpha value is -2.91. The van der Waals surface area contributed by atoms with E-state index in [1.165, 1.54) is 11.0 Å². The van der Waals surface area contributed by atoms with E-state index in [1.54, 1.807) is 0 Å². The van der Waals surface area contributed by atoms with Crippen molar-refractivity contribution in [2.24, 2.45) is 0 Å². The van der Waals surface area contributed by atoms with E-state index in [1.807, 2.05) is 49.4 Å². The number of allylic oxidation sites excluding steroid dienone is 1. The molecule has 0 aliphatic heterocycles. The first-order valence-corrected chi connectivity index (χ1v) is 10.5. The number of carbonyl (C=O) groups excluding carboxylic acids is 1. The zero-order valence-corrected chi connectivity index (χ0v) is 18.0. The second-order valence-corrected chi connectivity index (χ2v) is 7.66. The molecular weight excluding hydrogens is 372 g/mol. The lowest BCUT2D eigenvalue weighted by molar-refractivity contribution is -0.152. The van der Waals surface area contributed by atoms with Crippen LogP contribution in [0, 0.1) is 0 Å². The minimum atomic E-state index is -0.324. The second-order valence-electron chi connectivity index (χ2n) is 7.66. The Labute approximate surface area is 179 Å². The fraction of sp³-hybridized carbons (Fsp3) is 0.296. The number of benzene rings is 3. The van der Waals surface area contributed by atoms with Crippen molar-refractivity contribution in [2.75, 3.05) is 6.61 Å². The van der Waals surface area contributed by atoms with Gasteiger partial charge in [0.1, 0.15) is 6.10 Å². The minimum absolute atomic E-state index is 0.191. The molecule has 3 nitrogen and oxygen atoms in total. The molecule has 3 heteroatoms. The SMILES string of the molecule is CCOC(CC(=O)OC(CC=C(C)C)c1ccc2ccccc2c1)c1ccccc1. The minimum Gasteiger partial charge on any atom is -0.457 e. The highest BCUT2D eigenvalue weighted by Gasteiger charge is 2.21. The van der Waals surface area contributed by atoms with Crippen molar-refractivity contribution in [3.8, 4) is 0 Å². The van der Waals surface area contributed by atoms with Gasteiger partial charge in [0, 0.05) is 13.0 Å². The van der Waals surface area contributed by atoms with Crippen LogP contribution >= 0.6 is 0 Å². The van der Waals surface area contributed by atoms with E-state index >= 15 is 0 Å². The van der Waals surface area contributed by atoms with Gasteiger partial charge in [-0.25, -0.2) is 0 Å². The predicted octanol–water partition coefficient (Wildman–Crippen LogP) is 6.95. The number of esters is 1. The fourth-order valence-corrected chi connectivity index (χ4v) is 3.50. The molecule has 0 amide bonds.